The van der Waals surface area contributed by atoms with Gasteiger partial charge in [0.15, 0.2) is 0 Å². The zero-order chi connectivity index (χ0) is 12.1. The third-order valence-electron chi connectivity index (χ3n) is 2.64. The second-order valence-electron chi connectivity index (χ2n) is 3.85. The average molecular weight is 314 g/mol. The fourth-order valence-electron chi connectivity index (χ4n) is 1.72. The highest BCUT2D eigenvalue weighted by Gasteiger charge is 2.17. The Morgan fingerprint density at radius 1 is 1.53 bits per heavy atom. The maximum Gasteiger partial charge on any atom is 0.110 e. The lowest BCUT2D eigenvalue weighted by Crippen LogP contribution is -2.30. The minimum atomic E-state index is 0.307. The van der Waals surface area contributed by atoms with Crippen molar-refractivity contribution < 1.29 is 4.74 Å². The monoisotopic (exact) mass is 313 g/mol. The summed E-state index contributed by atoms with van der Waals surface area (Å²) in [6, 6.07) is 8.68. The van der Waals surface area contributed by atoms with Crippen LogP contribution >= 0.6 is 27.7 Å². The van der Waals surface area contributed by atoms with E-state index < -0.39 is 0 Å². The molecule has 1 aromatic carbocycles. The van der Waals surface area contributed by atoms with E-state index in [0.29, 0.717) is 6.04 Å². The minimum Gasteiger partial charge on any atom is -0.496 e. The Hall–Kier alpha value is -0.450. The molecule has 1 unspecified atom stereocenters. The number of rotatable bonds is 5. The van der Waals surface area contributed by atoms with E-state index in [1.165, 1.54) is 4.90 Å². The van der Waals surface area contributed by atoms with E-state index >= 15 is 0 Å². The highest BCUT2D eigenvalue weighted by molar-refractivity contribution is 9.10. The maximum atomic E-state index is 5.59. The van der Waals surface area contributed by atoms with Crippen molar-refractivity contribution in [1.29, 1.82) is 0 Å². The van der Waals surface area contributed by atoms with Gasteiger partial charge in [0.05, 0.1) is 12.6 Å². The minimum absolute atomic E-state index is 0.307. The molecule has 92 valence electrons. The first-order chi connectivity index (χ1) is 8.29. The predicted molar refractivity (Wildman–Crippen MR) is 76.4 cm³/mol. The van der Waals surface area contributed by atoms with Crippen molar-refractivity contribution in [3.05, 3.63) is 40.6 Å². The molecule has 2 nitrogen and oxygen atoms in total. The van der Waals surface area contributed by atoms with E-state index in [1.807, 2.05) is 24.9 Å². The van der Waals surface area contributed by atoms with Gasteiger partial charge in [0.1, 0.15) is 5.76 Å². The predicted octanol–water partition coefficient (Wildman–Crippen LogP) is 3.43. The van der Waals surface area contributed by atoms with Crippen molar-refractivity contribution in [2.75, 3.05) is 19.4 Å². The summed E-state index contributed by atoms with van der Waals surface area (Å²) in [6.07, 6.45) is 3.22. The molecule has 0 amide bonds. The number of thioether (sulfide) groups is 1. The number of likely N-dealkylation sites (N-methyl/N-ethyl adjacent to an activating group) is 1. The normalized spacial score (nSPS) is 16.5. The van der Waals surface area contributed by atoms with Gasteiger partial charge in [-0.3, -0.25) is 0 Å². The van der Waals surface area contributed by atoms with E-state index in [1.54, 1.807) is 0 Å². The number of hydrogen-bond acceptors (Lipinski definition) is 3. The van der Waals surface area contributed by atoms with Gasteiger partial charge in [-0.15, -0.1) is 11.8 Å². The maximum absolute atomic E-state index is 5.59. The van der Waals surface area contributed by atoms with Gasteiger partial charge in [-0.2, -0.15) is 0 Å². The summed E-state index contributed by atoms with van der Waals surface area (Å²) in [4.78, 5) is 1.28. The standard InChI is InChI=1S/C13H16BrNOS/c1-15-12(13-6-3-7-16-13)9-17-11-5-2-4-10(14)8-11/h2,4-6,8,12,15H,3,7,9H2,1H3. The fraction of sp³-hybridized carbons (Fsp3) is 0.385. The Labute approximate surface area is 115 Å². The van der Waals surface area contributed by atoms with Crippen molar-refractivity contribution in [3.63, 3.8) is 0 Å². The molecule has 1 aromatic rings. The molecular formula is C13H16BrNOS. The lowest BCUT2D eigenvalue weighted by molar-refractivity contribution is 0.222. The summed E-state index contributed by atoms with van der Waals surface area (Å²) < 4.78 is 6.72. The van der Waals surface area contributed by atoms with Gasteiger partial charge in [-0.05, 0) is 31.3 Å². The number of ether oxygens (including phenoxy) is 1. The van der Waals surface area contributed by atoms with Crippen molar-refractivity contribution in [2.45, 2.75) is 17.4 Å². The molecule has 4 heteroatoms. The van der Waals surface area contributed by atoms with Gasteiger partial charge in [0, 0.05) is 21.5 Å². The van der Waals surface area contributed by atoms with Crippen LogP contribution in [0, 0.1) is 0 Å². The van der Waals surface area contributed by atoms with Crippen LogP contribution in [0.2, 0.25) is 0 Å². The van der Waals surface area contributed by atoms with Crippen LogP contribution in [0.5, 0.6) is 0 Å². The summed E-state index contributed by atoms with van der Waals surface area (Å²) >= 11 is 5.33. The Morgan fingerprint density at radius 3 is 3.06 bits per heavy atom. The summed E-state index contributed by atoms with van der Waals surface area (Å²) in [5, 5.41) is 3.30. The lowest BCUT2D eigenvalue weighted by atomic mass is 10.2. The molecule has 0 saturated carbocycles. The molecule has 1 atom stereocenters. The molecule has 0 saturated heterocycles. The van der Waals surface area contributed by atoms with Crippen molar-refractivity contribution in [2.24, 2.45) is 0 Å². The number of benzene rings is 1. The topological polar surface area (TPSA) is 21.3 Å². The second-order valence-corrected chi connectivity index (χ2v) is 5.86. The van der Waals surface area contributed by atoms with Gasteiger partial charge in [-0.1, -0.05) is 22.0 Å². The van der Waals surface area contributed by atoms with Crippen LogP contribution in [0.15, 0.2) is 45.5 Å². The zero-order valence-corrected chi connectivity index (χ0v) is 12.2. The summed E-state index contributed by atoms with van der Waals surface area (Å²) in [7, 11) is 1.98. The Kier molecular flexibility index (Phi) is 4.95. The van der Waals surface area contributed by atoms with Crippen LogP contribution in [-0.2, 0) is 4.74 Å². The van der Waals surface area contributed by atoms with Gasteiger partial charge in [0.25, 0.3) is 0 Å². The Morgan fingerprint density at radius 2 is 2.41 bits per heavy atom. The van der Waals surface area contributed by atoms with Crippen LogP contribution in [0.25, 0.3) is 0 Å². The highest BCUT2D eigenvalue weighted by Crippen LogP contribution is 2.25. The Balaban J connectivity index is 1.91. The summed E-state index contributed by atoms with van der Waals surface area (Å²) in [6.45, 7) is 0.828. The average Bonchev–Trinajstić information content (AvgIpc) is 2.84. The van der Waals surface area contributed by atoms with Crippen LogP contribution in [0.1, 0.15) is 6.42 Å². The molecule has 0 aromatic heterocycles. The van der Waals surface area contributed by atoms with Gasteiger partial charge in [0.2, 0.25) is 0 Å². The largest absolute Gasteiger partial charge is 0.496 e. The van der Waals surface area contributed by atoms with E-state index in [9.17, 15) is 0 Å². The van der Waals surface area contributed by atoms with Crippen molar-refractivity contribution in [1.82, 2.24) is 5.32 Å². The van der Waals surface area contributed by atoms with Crippen LogP contribution in [0.4, 0.5) is 0 Å². The molecule has 0 radical (unpaired) electrons. The van der Waals surface area contributed by atoms with Crippen molar-refractivity contribution in [3.8, 4) is 0 Å². The molecule has 1 aliphatic rings. The number of hydrogen-bond donors (Lipinski definition) is 1. The van der Waals surface area contributed by atoms with E-state index in [2.05, 4.69) is 45.5 Å². The smallest absolute Gasteiger partial charge is 0.110 e. The molecule has 0 bridgehead atoms. The SMILES string of the molecule is CNC(CSc1cccc(Br)c1)C1=CCCO1. The van der Waals surface area contributed by atoms with E-state index in [-0.39, 0.29) is 0 Å². The second kappa shape index (κ2) is 6.47. The van der Waals surface area contributed by atoms with Gasteiger partial charge in [-0.25, -0.2) is 0 Å². The molecule has 0 spiro atoms. The van der Waals surface area contributed by atoms with Crippen molar-refractivity contribution >= 4 is 27.7 Å². The first kappa shape index (κ1) is 13.0. The lowest BCUT2D eigenvalue weighted by Gasteiger charge is -2.17. The number of nitrogens with one attached hydrogen (secondary N) is 1. The molecule has 0 fully saturated rings. The molecule has 1 aliphatic heterocycles. The molecule has 17 heavy (non-hydrogen) atoms. The van der Waals surface area contributed by atoms with Gasteiger partial charge < -0.3 is 10.1 Å². The molecule has 0 aliphatic carbocycles. The quantitative estimate of drug-likeness (QED) is 0.841. The van der Waals surface area contributed by atoms with E-state index in [0.717, 1.165) is 29.0 Å². The highest BCUT2D eigenvalue weighted by atomic mass is 79.9. The van der Waals surface area contributed by atoms with E-state index in [4.69, 9.17) is 4.74 Å². The molecule has 2 rings (SSSR count). The first-order valence-electron chi connectivity index (χ1n) is 5.68. The van der Waals surface area contributed by atoms with Crippen LogP contribution < -0.4 is 5.32 Å². The summed E-state index contributed by atoms with van der Waals surface area (Å²) in [5.41, 5.74) is 0. The van der Waals surface area contributed by atoms with Gasteiger partial charge >= 0.3 is 0 Å². The number of halogens is 1. The van der Waals surface area contributed by atoms with Crippen LogP contribution in [0.3, 0.4) is 0 Å². The molecule has 1 heterocycles. The summed E-state index contributed by atoms with van der Waals surface area (Å²) in [5.74, 6) is 2.08. The molecular weight excluding hydrogens is 298 g/mol. The molecule has 1 N–H and O–H groups in total. The zero-order valence-electron chi connectivity index (χ0n) is 9.78. The third-order valence-corrected chi connectivity index (χ3v) is 4.22. The van der Waals surface area contributed by atoms with Crippen LogP contribution in [-0.4, -0.2) is 25.4 Å². The first-order valence-corrected chi connectivity index (χ1v) is 7.46. The third kappa shape index (κ3) is 3.76. The fourth-order valence-corrected chi connectivity index (χ4v) is 3.35. The Bertz CT molecular complexity index is 408.